The van der Waals surface area contributed by atoms with Crippen molar-refractivity contribution in [3.05, 3.63) is 0 Å². The number of rotatable bonds is 3. The Kier molecular flexibility index (Phi) is 3.92. The Bertz CT molecular complexity index is 306. The number of nitrogens with zero attached hydrogens (tertiary/aromatic N) is 1. The second-order valence-corrected chi connectivity index (χ2v) is 7.85. The molecule has 1 N–H and O–H groups in total. The zero-order chi connectivity index (χ0) is 13.5. The van der Waals surface area contributed by atoms with Gasteiger partial charge in [0.2, 0.25) is 0 Å². The largest absolute Gasteiger partial charge is 0.315 e. The van der Waals surface area contributed by atoms with Crippen LogP contribution in [0.2, 0.25) is 0 Å². The van der Waals surface area contributed by atoms with E-state index in [2.05, 4.69) is 31.1 Å². The second kappa shape index (κ2) is 5.37. The third-order valence-corrected chi connectivity index (χ3v) is 6.33. The first-order valence-corrected chi connectivity index (χ1v) is 8.56. The normalized spacial score (nSPS) is 40.3. The molecule has 0 aromatic rings. The van der Waals surface area contributed by atoms with Crippen molar-refractivity contribution in [3.8, 4) is 0 Å². The molecule has 3 fully saturated rings. The van der Waals surface area contributed by atoms with E-state index in [1.165, 1.54) is 57.9 Å². The van der Waals surface area contributed by atoms with Crippen LogP contribution in [0.3, 0.4) is 0 Å². The topological polar surface area (TPSA) is 15.3 Å². The van der Waals surface area contributed by atoms with E-state index < -0.39 is 0 Å². The Hall–Kier alpha value is -0.0800. The van der Waals surface area contributed by atoms with Crippen LogP contribution in [0.25, 0.3) is 0 Å². The summed E-state index contributed by atoms with van der Waals surface area (Å²) in [5.74, 6) is 1.02. The first-order valence-electron chi connectivity index (χ1n) is 8.56. The first kappa shape index (κ1) is 13.9. The van der Waals surface area contributed by atoms with Gasteiger partial charge in [0.15, 0.2) is 0 Å². The fourth-order valence-electron chi connectivity index (χ4n) is 5.38. The molecule has 1 heterocycles. The van der Waals surface area contributed by atoms with Crippen LogP contribution < -0.4 is 5.32 Å². The smallest absolute Gasteiger partial charge is 0.0271 e. The lowest BCUT2D eigenvalue weighted by molar-refractivity contribution is 0.105. The van der Waals surface area contributed by atoms with Gasteiger partial charge in [-0.1, -0.05) is 26.7 Å². The van der Waals surface area contributed by atoms with Crippen LogP contribution in [-0.2, 0) is 0 Å². The van der Waals surface area contributed by atoms with Gasteiger partial charge in [-0.05, 0) is 63.5 Å². The van der Waals surface area contributed by atoms with E-state index in [1.807, 2.05) is 0 Å². The van der Waals surface area contributed by atoms with Gasteiger partial charge in [0, 0.05) is 18.1 Å². The molecular weight excluding hydrogens is 232 g/mol. The summed E-state index contributed by atoms with van der Waals surface area (Å²) < 4.78 is 0. The minimum Gasteiger partial charge on any atom is -0.315 e. The van der Waals surface area contributed by atoms with Gasteiger partial charge >= 0.3 is 0 Å². The molecule has 0 aromatic carbocycles. The lowest BCUT2D eigenvalue weighted by Gasteiger charge is -2.40. The fourth-order valence-corrected chi connectivity index (χ4v) is 5.38. The summed E-state index contributed by atoms with van der Waals surface area (Å²) in [5.41, 5.74) is 0.474. The number of hydrogen-bond acceptors (Lipinski definition) is 2. The lowest BCUT2D eigenvalue weighted by Crippen LogP contribution is -2.53. The molecule has 3 unspecified atom stereocenters. The SMILES string of the molecule is CNC1C(N2CCCC2C2CCCC2)CCC1(C)C. The molecule has 3 atom stereocenters. The Balaban J connectivity index is 1.73. The Labute approximate surface area is 119 Å². The van der Waals surface area contributed by atoms with E-state index in [1.54, 1.807) is 0 Å². The molecule has 0 spiro atoms. The van der Waals surface area contributed by atoms with E-state index in [-0.39, 0.29) is 0 Å². The minimum atomic E-state index is 0.474. The molecule has 110 valence electrons. The third kappa shape index (κ3) is 2.47. The molecule has 0 bridgehead atoms. The monoisotopic (exact) mass is 264 g/mol. The summed E-state index contributed by atoms with van der Waals surface area (Å²) in [7, 11) is 2.17. The highest BCUT2D eigenvalue weighted by Gasteiger charge is 2.47. The molecule has 1 saturated heterocycles. The molecule has 2 aliphatic carbocycles. The highest BCUT2D eigenvalue weighted by atomic mass is 15.2. The maximum absolute atomic E-state index is 3.65. The van der Waals surface area contributed by atoms with Crippen LogP contribution in [0.1, 0.15) is 65.2 Å². The summed E-state index contributed by atoms with van der Waals surface area (Å²) in [6.45, 7) is 6.27. The summed E-state index contributed by atoms with van der Waals surface area (Å²) in [6, 6.07) is 2.40. The summed E-state index contributed by atoms with van der Waals surface area (Å²) >= 11 is 0. The van der Waals surface area contributed by atoms with Crippen molar-refractivity contribution >= 4 is 0 Å². The molecule has 0 amide bonds. The van der Waals surface area contributed by atoms with Crippen LogP contribution in [0, 0.1) is 11.3 Å². The maximum atomic E-state index is 3.65. The van der Waals surface area contributed by atoms with Crippen LogP contribution in [0.4, 0.5) is 0 Å². The molecule has 3 rings (SSSR count). The highest BCUT2D eigenvalue weighted by molar-refractivity contribution is 5.04. The second-order valence-electron chi connectivity index (χ2n) is 7.85. The van der Waals surface area contributed by atoms with Gasteiger partial charge in [-0.3, -0.25) is 4.90 Å². The van der Waals surface area contributed by atoms with Crippen LogP contribution >= 0.6 is 0 Å². The van der Waals surface area contributed by atoms with Crippen molar-refractivity contribution in [2.24, 2.45) is 11.3 Å². The van der Waals surface area contributed by atoms with Crippen molar-refractivity contribution in [1.29, 1.82) is 0 Å². The molecule has 2 saturated carbocycles. The van der Waals surface area contributed by atoms with Gasteiger partial charge in [0.05, 0.1) is 0 Å². The molecule has 3 aliphatic rings. The van der Waals surface area contributed by atoms with Gasteiger partial charge in [-0.2, -0.15) is 0 Å². The minimum absolute atomic E-state index is 0.474. The number of hydrogen-bond donors (Lipinski definition) is 1. The average Bonchev–Trinajstić information content (AvgIpc) is 3.04. The van der Waals surface area contributed by atoms with Gasteiger partial charge < -0.3 is 5.32 Å². The maximum Gasteiger partial charge on any atom is 0.0271 e. The van der Waals surface area contributed by atoms with Crippen molar-refractivity contribution in [2.75, 3.05) is 13.6 Å². The zero-order valence-corrected chi connectivity index (χ0v) is 13.1. The van der Waals surface area contributed by atoms with Crippen molar-refractivity contribution in [1.82, 2.24) is 10.2 Å². The van der Waals surface area contributed by atoms with E-state index in [0.29, 0.717) is 11.5 Å². The Morgan fingerprint density at radius 1 is 0.947 bits per heavy atom. The average molecular weight is 264 g/mol. The highest BCUT2D eigenvalue weighted by Crippen LogP contribution is 2.44. The fraction of sp³-hybridized carbons (Fsp3) is 1.00. The third-order valence-electron chi connectivity index (χ3n) is 6.33. The molecule has 1 aliphatic heterocycles. The van der Waals surface area contributed by atoms with Crippen molar-refractivity contribution in [3.63, 3.8) is 0 Å². The van der Waals surface area contributed by atoms with E-state index in [4.69, 9.17) is 0 Å². The van der Waals surface area contributed by atoms with Crippen LogP contribution in [-0.4, -0.2) is 36.6 Å². The zero-order valence-electron chi connectivity index (χ0n) is 13.1. The number of likely N-dealkylation sites (tertiary alicyclic amines) is 1. The molecule has 2 nitrogen and oxygen atoms in total. The van der Waals surface area contributed by atoms with Crippen LogP contribution in [0.15, 0.2) is 0 Å². The summed E-state index contributed by atoms with van der Waals surface area (Å²) in [5, 5.41) is 3.65. The predicted molar refractivity (Wildman–Crippen MR) is 81.3 cm³/mol. The molecule has 0 radical (unpaired) electrons. The lowest BCUT2D eigenvalue weighted by atomic mass is 9.86. The summed E-state index contributed by atoms with van der Waals surface area (Å²) in [4.78, 5) is 2.92. The standard InChI is InChI=1S/C17H32N2/c1-17(2)11-10-15(16(17)18-3)19-12-6-9-14(19)13-7-4-5-8-13/h13-16,18H,4-12H2,1-3H3. The molecule has 0 aromatic heterocycles. The van der Waals surface area contributed by atoms with Gasteiger partial charge in [0.25, 0.3) is 0 Å². The van der Waals surface area contributed by atoms with Crippen molar-refractivity contribution < 1.29 is 0 Å². The van der Waals surface area contributed by atoms with Crippen molar-refractivity contribution in [2.45, 2.75) is 83.3 Å². The Morgan fingerprint density at radius 3 is 2.37 bits per heavy atom. The van der Waals surface area contributed by atoms with Gasteiger partial charge in [-0.15, -0.1) is 0 Å². The van der Waals surface area contributed by atoms with Gasteiger partial charge in [0.1, 0.15) is 0 Å². The predicted octanol–water partition coefficient (Wildman–Crippen LogP) is 3.42. The number of likely N-dealkylation sites (N-methyl/N-ethyl adjacent to an activating group) is 1. The molecular formula is C17H32N2. The van der Waals surface area contributed by atoms with E-state index in [0.717, 1.165) is 18.0 Å². The van der Waals surface area contributed by atoms with Gasteiger partial charge in [-0.25, -0.2) is 0 Å². The van der Waals surface area contributed by atoms with E-state index in [9.17, 15) is 0 Å². The van der Waals surface area contributed by atoms with Crippen LogP contribution in [0.5, 0.6) is 0 Å². The quantitative estimate of drug-likeness (QED) is 0.840. The molecule has 2 heteroatoms. The summed E-state index contributed by atoms with van der Waals surface area (Å²) in [6.07, 6.45) is 11.7. The van der Waals surface area contributed by atoms with E-state index >= 15 is 0 Å². The Morgan fingerprint density at radius 2 is 1.68 bits per heavy atom. The first-order chi connectivity index (χ1) is 9.13. The molecule has 19 heavy (non-hydrogen) atoms. The number of nitrogens with one attached hydrogen (secondary N) is 1.